The number of carbonyl (C=O) groups is 1. The lowest BCUT2D eigenvalue weighted by Gasteiger charge is -2.27. The first-order valence-corrected chi connectivity index (χ1v) is 9.30. The minimum Gasteiger partial charge on any atom is -0.487 e. The molecule has 1 aliphatic rings. The van der Waals surface area contributed by atoms with Gasteiger partial charge < -0.3 is 9.64 Å². The van der Waals surface area contributed by atoms with E-state index in [0.29, 0.717) is 25.4 Å². The van der Waals surface area contributed by atoms with Gasteiger partial charge in [-0.2, -0.15) is 13.8 Å². The third-order valence-corrected chi connectivity index (χ3v) is 5.07. The van der Waals surface area contributed by atoms with Crippen molar-refractivity contribution < 1.29 is 9.53 Å². The molecule has 3 heterocycles. The number of amides is 1. The van der Waals surface area contributed by atoms with Gasteiger partial charge in [-0.15, -0.1) is 0 Å². The second-order valence-corrected chi connectivity index (χ2v) is 6.77. The first-order valence-electron chi connectivity index (χ1n) is 8.57. The molecule has 0 bridgehead atoms. The van der Waals surface area contributed by atoms with Crippen LogP contribution in [0.5, 0.6) is 5.75 Å². The van der Waals surface area contributed by atoms with Crippen LogP contribution in [0.3, 0.4) is 0 Å². The molecule has 0 saturated carbocycles. The van der Waals surface area contributed by atoms with E-state index in [9.17, 15) is 4.79 Å². The predicted molar refractivity (Wildman–Crippen MR) is 102 cm³/mol. The van der Waals surface area contributed by atoms with Crippen LogP contribution in [0.15, 0.2) is 54.6 Å². The normalized spacial score (nSPS) is 13.8. The number of ether oxygens (including phenoxy) is 1. The summed E-state index contributed by atoms with van der Waals surface area (Å²) >= 11 is 1.17. The topological polar surface area (TPSA) is 73.1 Å². The summed E-state index contributed by atoms with van der Waals surface area (Å²) in [5, 5.41) is 4.51. The van der Waals surface area contributed by atoms with E-state index in [0.717, 1.165) is 28.2 Å². The Bertz CT molecular complexity index is 1120. The van der Waals surface area contributed by atoms with Crippen LogP contribution in [0.4, 0.5) is 5.69 Å². The second kappa shape index (κ2) is 6.48. The number of benzene rings is 2. The summed E-state index contributed by atoms with van der Waals surface area (Å²) in [5.41, 5.74) is 3.79. The maximum atomic E-state index is 13.0. The number of carbonyl (C=O) groups excluding carboxylic acids is 1. The SMILES string of the molecule is O=C1c2cc(COc3ccccc3)nn2CCN1c1ccc2nsnc2c1. The number of hydrogen-bond acceptors (Lipinski definition) is 6. The minimum absolute atomic E-state index is 0.0674. The van der Waals surface area contributed by atoms with Crippen LogP contribution in [-0.2, 0) is 13.2 Å². The lowest BCUT2D eigenvalue weighted by molar-refractivity contribution is 0.0962. The van der Waals surface area contributed by atoms with Crippen LogP contribution in [0.2, 0.25) is 0 Å². The number of rotatable bonds is 4. The van der Waals surface area contributed by atoms with Gasteiger partial charge in [0.2, 0.25) is 0 Å². The van der Waals surface area contributed by atoms with Gasteiger partial charge in [0.05, 0.1) is 18.3 Å². The highest BCUT2D eigenvalue weighted by Crippen LogP contribution is 2.25. The fraction of sp³-hybridized carbons (Fsp3) is 0.158. The molecule has 0 spiro atoms. The third-order valence-electron chi connectivity index (χ3n) is 4.51. The van der Waals surface area contributed by atoms with Crippen molar-refractivity contribution in [2.45, 2.75) is 13.2 Å². The maximum Gasteiger partial charge on any atom is 0.276 e. The van der Waals surface area contributed by atoms with Crippen molar-refractivity contribution in [2.24, 2.45) is 0 Å². The third kappa shape index (κ3) is 2.93. The van der Waals surface area contributed by atoms with E-state index in [1.165, 1.54) is 11.7 Å². The van der Waals surface area contributed by atoms with Gasteiger partial charge in [0.25, 0.3) is 5.91 Å². The molecule has 134 valence electrons. The number of para-hydroxylation sites is 1. The van der Waals surface area contributed by atoms with Crippen LogP contribution < -0.4 is 9.64 Å². The lowest BCUT2D eigenvalue weighted by Crippen LogP contribution is -2.40. The summed E-state index contributed by atoms with van der Waals surface area (Å²) in [4.78, 5) is 14.7. The number of nitrogens with zero attached hydrogens (tertiary/aromatic N) is 5. The maximum absolute atomic E-state index is 13.0. The fourth-order valence-corrected chi connectivity index (χ4v) is 3.69. The highest BCUT2D eigenvalue weighted by atomic mass is 32.1. The van der Waals surface area contributed by atoms with Gasteiger partial charge >= 0.3 is 0 Å². The summed E-state index contributed by atoms with van der Waals surface area (Å²) in [6.45, 7) is 1.53. The molecule has 0 N–H and O–H groups in total. The van der Waals surface area contributed by atoms with Crippen LogP contribution in [0.25, 0.3) is 11.0 Å². The molecule has 0 atom stereocenters. The van der Waals surface area contributed by atoms with Crippen LogP contribution in [0, 0.1) is 0 Å². The van der Waals surface area contributed by atoms with E-state index in [-0.39, 0.29) is 5.91 Å². The van der Waals surface area contributed by atoms with Crippen LogP contribution in [0.1, 0.15) is 16.2 Å². The second-order valence-electron chi connectivity index (χ2n) is 6.24. The average Bonchev–Trinajstić information content (AvgIpc) is 3.34. The Kier molecular flexibility index (Phi) is 3.83. The number of aromatic nitrogens is 4. The van der Waals surface area contributed by atoms with Gasteiger partial charge in [-0.25, -0.2) is 0 Å². The Morgan fingerprint density at radius 2 is 1.85 bits per heavy atom. The Balaban J connectivity index is 1.37. The molecular weight excluding hydrogens is 362 g/mol. The summed E-state index contributed by atoms with van der Waals surface area (Å²) in [6, 6.07) is 17.1. The van der Waals surface area contributed by atoms with E-state index in [1.54, 1.807) is 15.6 Å². The monoisotopic (exact) mass is 377 g/mol. The Hall–Kier alpha value is -3.26. The van der Waals surface area contributed by atoms with Crippen LogP contribution >= 0.6 is 11.7 Å². The standard InChI is InChI=1S/C19H15N5O2S/c25-19-18-10-13(12-26-15-4-2-1-3-5-15)20-24(18)9-8-23(19)14-6-7-16-17(11-14)22-27-21-16/h1-7,10-11H,8-9,12H2. The quantitative estimate of drug-likeness (QED) is 0.546. The van der Waals surface area contributed by atoms with E-state index in [1.807, 2.05) is 48.5 Å². The van der Waals surface area contributed by atoms with Gasteiger partial charge in [0.15, 0.2) is 0 Å². The molecule has 1 aliphatic heterocycles. The molecule has 0 fully saturated rings. The summed E-state index contributed by atoms with van der Waals surface area (Å²) in [5.74, 6) is 0.712. The van der Waals surface area contributed by atoms with Crippen molar-refractivity contribution in [1.82, 2.24) is 18.5 Å². The van der Waals surface area contributed by atoms with Gasteiger partial charge in [0.1, 0.15) is 34.8 Å². The molecule has 0 aliphatic carbocycles. The predicted octanol–water partition coefficient (Wildman–Crippen LogP) is 3.13. The molecule has 0 saturated heterocycles. The first kappa shape index (κ1) is 16.0. The van der Waals surface area contributed by atoms with Gasteiger partial charge in [-0.1, -0.05) is 18.2 Å². The Morgan fingerprint density at radius 3 is 2.74 bits per heavy atom. The lowest BCUT2D eigenvalue weighted by atomic mass is 10.2. The molecule has 5 rings (SSSR count). The molecule has 1 amide bonds. The van der Waals surface area contributed by atoms with Gasteiger partial charge in [-0.05, 0) is 36.4 Å². The Morgan fingerprint density at radius 1 is 1.00 bits per heavy atom. The molecule has 0 radical (unpaired) electrons. The van der Waals surface area contributed by atoms with Crippen molar-refractivity contribution in [3.63, 3.8) is 0 Å². The summed E-state index contributed by atoms with van der Waals surface area (Å²) < 4.78 is 16.0. The van der Waals surface area contributed by atoms with Crippen molar-refractivity contribution in [2.75, 3.05) is 11.4 Å². The van der Waals surface area contributed by atoms with E-state index < -0.39 is 0 Å². The van der Waals surface area contributed by atoms with E-state index in [2.05, 4.69) is 13.8 Å². The molecular formula is C19H15N5O2S. The van der Waals surface area contributed by atoms with E-state index >= 15 is 0 Å². The zero-order chi connectivity index (χ0) is 18.2. The highest BCUT2D eigenvalue weighted by molar-refractivity contribution is 7.00. The minimum atomic E-state index is -0.0674. The fourth-order valence-electron chi connectivity index (χ4n) is 3.18. The molecule has 0 unspecified atom stereocenters. The van der Waals surface area contributed by atoms with Crippen molar-refractivity contribution >= 4 is 34.4 Å². The average molecular weight is 377 g/mol. The Labute approximate surface area is 159 Å². The molecule has 4 aromatic rings. The van der Waals surface area contributed by atoms with Gasteiger partial charge in [0, 0.05) is 12.2 Å². The number of fused-ring (bicyclic) bond motifs is 2. The molecule has 2 aromatic carbocycles. The first-order chi connectivity index (χ1) is 13.3. The molecule has 2 aromatic heterocycles. The zero-order valence-electron chi connectivity index (χ0n) is 14.3. The largest absolute Gasteiger partial charge is 0.487 e. The van der Waals surface area contributed by atoms with Crippen molar-refractivity contribution in [1.29, 1.82) is 0 Å². The highest BCUT2D eigenvalue weighted by Gasteiger charge is 2.27. The molecule has 27 heavy (non-hydrogen) atoms. The van der Waals surface area contributed by atoms with Crippen molar-refractivity contribution in [3.8, 4) is 5.75 Å². The summed E-state index contributed by atoms with van der Waals surface area (Å²) in [6.07, 6.45) is 0. The summed E-state index contributed by atoms with van der Waals surface area (Å²) in [7, 11) is 0. The smallest absolute Gasteiger partial charge is 0.276 e. The molecule has 7 nitrogen and oxygen atoms in total. The number of hydrogen-bond donors (Lipinski definition) is 0. The number of anilines is 1. The van der Waals surface area contributed by atoms with Gasteiger partial charge in [-0.3, -0.25) is 9.48 Å². The van der Waals surface area contributed by atoms with E-state index in [4.69, 9.17) is 4.74 Å². The molecule has 8 heteroatoms. The van der Waals surface area contributed by atoms with Crippen molar-refractivity contribution in [3.05, 3.63) is 66.0 Å². The zero-order valence-corrected chi connectivity index (χ0v) is 15.1. The van der Waals surface area contributed by atoms with Crippen LogP contribution in [-0.4, -0.2) is 31.0 Å².